The van der Waals surface area contributed by atoms with E-state index in [1.807, 2.05) is 0 Å². The topological polar surface area (TPSA) is 158 Å². The van der Waals surface area contributed by atoms with E-state index in [2.05, 4.69) is 5.18 Å². The third-order valence-corrected chi connectivity index (χ3v) is 4.46. The Morgan fingerprint density at radius 1 is 1.00 bits per heavy atom. The van der Waals surface area contributed by atoms with Crippen molar-refractivity contribution in [2.24, 2.45) is 5.18 Å². The molecule has 0 radical (unpaired) electrons. The van der Waals surface area contributed by atoms with Gasteiger partial charge in [0.25, 0.3) is 20.2 Å². The molecule has 0 heterocycles. The van der Waals surface area contributed by atoms with Gasteiger partial charge in [0, 0.05) is 16.8 Å². The predicted molar refractivity (Wildman–Crippen MR) is 71.8 cm³/mol. The normalized spacial score (nSPS) is 11.9. The summed E-state index contributed by atoms with van der Waals surface area (Å²) in [5.74, 6) is -0.863. The van der Waals surface area contributed by atoms with Crippen molar-refractivity contribution in [3.05, 3.63) is 29.2 Å². The fourth-order valence-electron chi connectivity index (χ4n) is 1.90. The van der Waals surface area contributed by atoms with Crippen LogP contribution in [0, 0.1) is 4.91 Å². The number of nitrogens with zero attached hydrogens (tertiary/aromatic N) is 1. The van der Waals surface area contributed by atoms with Crippen LogP contribution in [0.15, 0.2) is 39.2 Å². The molecule has 12 heteroatoms. The van der Waals surface area contributed by atoms with Crippen molar-refractivity contribution in [3.63, 3.8) is 0 Å². The number of phenols is 1. The van der Waals surface area contributed by atoms with Gasteiger partial charge in [-0.2, -0.15) is 16.8 Å². The number of aromatic hydroxyl groups is 1. The smallest absolute Gasteiger partial charge is 1.00 e. The van der Waals surface area contributed by atoms with Crippen LogP contribution < -0.4 is 29.6 Å². The Labute approximate surface area is 148 Å². The summed E-state index contributed by atoms with van der Waals surface area (Å²) in [4.78, 5) is 8.90. The van der Waals surface area contributed by atoms with Gasteiger partial charge in [-0.25, -0.2) is 0 Å². The molecule has 2 aromatic rings. The van der Waals surface area contributed by atoms with E-state index in [1.54, 1.807) is 0 Å². The van der Waals surface area contributed by atoms with E-state index in [9.17, 15) is 26.8 Å². The van der Waals surface area contributed by atoms with E-state index >= 15 is 0 Å². The molecule has 0 aliphatic heterocycles. The quantitative estimate of drug-likeness (QED) is 0.342. The van der Waals surface area contributed by atoms with Crippen LogP contribution in [0.25, 0.3) is 10.8 Å². The van der Waals surface area contributed by atoms with Crippen molar-refractivity contribution >= 4 is 36.7 Å². The van der Waals surface area contributed by atoms with E-state index < -0.39 is 46.9 Å². The molecule has 22 heavy (non-hydrogen) atoms. The first kappa shape index (κ1) is 19.0. The number of nitroso groups, excluding NO2 is 1. The summed E-state index contributed by atoms with van der Waals surface area (Å²) in [6.07, 6.45) is 0. The van der Waals surface area contributed by atoms with Crippen molar-refractivity contribution in [3.8, 4) is 5.75 Å². The summed E-state index contributed by atoms with van der Waals surface area (Å²) < 4.78 is 63.6. The second kappa shape index (κ2) is 6.20. The first-order valence-electron chi connectivity index (χ1n) is 5.14. The van der Waals surface area contributed by atoms with Crippen LogP contribution in [0.4, 0.5) is 5.69 Å². The van der Waals surface area contributed by atoms with Gasteiger partial charge in [-0.05, 0) is 11.2 Å². The Morgan fingerprint density at radius 2 is 1.55 bits per heavy atom. The third kappa shape index (κ3) is 3.30. The maximum absolute atomic E-state index is 11.3. The van der Waals surface area contributed by atoms with Crippen molar-refractivity contribution in [2.45, 2.75) is 9.79 Å². The molecule has 0 aliphatic rings. The summed E-state index contributed by atoms with van der Waals surface area (Å²) in [6.45, 7) is 0. The predicted octanol–water partition coefficient (Wildman–Crippen LogP) is -1.45. The molecule has 2 aromatic carbocycles. The Balaban J connectivity index is 0.00000242. The molecule has 0 atom stereocenters. The maximum atomic E-state index is 11.3. The first-order chi connectivity index (χ1) is 9.57. The number of fused-ring (bicyclic) bond motifs is 1. The molecule has 2 rings (SSSR count). The minimum Gasteiger partial charge on any atom is -1.00 e. The Kier molecular flexibility index (Phi) is 5.34. The largest absolute Gasteiger partial charge is 1.00 e. The number of hydrogen-bond acceptors (Lipinski definition) is 7. The third-order valence-electron chi connectivity index (χ3n) is 2.69. The molecule has 0 fully saturated rings. The summed E-state index contributed by atoms with van der Waals surface area (Å²) >= 11 is 0. The van der Waals surface area contributed by atoms with Crippen LogP contribution in [-0.2, 0) is 20.2 Å². The van der Waals surface area contributed by atoms with Crippen molar-refractivity contribution in [2.75, 3.05) is 0 Å². The van der Waals surface area contributed by atoms with Crippen molar-refractivity contribution in [1.82, 2.24) is 0 Å². The van der Waals surface area contributed by atoms with E-state index in [0.717, 1.165) is 18.2 Å². The number of hydrogen-bond donors (Lipinski definition) is 3. The molecule has 3 N–H and O–H groups in total. The SMILES string of the molecule is O=Nc1c(O)cc(S(=O)(=O)O)c2c(S(=O)(=O)O)cccc12.[H-].[Na+]. The van der Waals surface area contributed by atoms with Crippen LogP contribution in [-0.4, -0.2) is 31.0 Å². The van der Waals surface area contributed by atoms with Gasteiger partial charge in [0.2, 0.25) is 0 Å². The minimum atomic E-state index is -4.94. The van der Waals surface area contributed by atoms with Gasteiger partial charge in [-0.3, -0.25) is 9.11 Å². The summed E-state index contributed by atoms with van der Waals surface area (Å²) in [5, 5.41) is 11.1. The van der Waals surface area contributed by atoms with Gasteiger partial charge in [0.05, 0.1) is 0 Å². The Bertz CT molecular complexity index is 974. The molecule has 0 saturated heterocycles. The maximum Gasteiger partial charge on any atom is 1.00 e. The molecule has 0 unspecified atom stereocenters. The van der Waals surface area contributed by atoms with Crippen molar-refractivity contribution in [1.29, 1.82) is 0 Å². The number of phenolic OH excluding ortho intramolecular Hbond substituents is 1. The molecule has 0 aromatic heterocycles. The molecule has 0 bridgehead atoms. The molecule has 0 aliphatic carbocycles. The van der Waals surface area contributed by atoms with Gasteiger partial charge in [0.1, 0.15) is 15.5 Å². The van der Waals surface area contributed by atoms with Crippen LogP contribution >= 0.6 is 0 Å². The first-order valence-corrected chi connectivity index (χ1v) is 8.02. The van der Waals surface area contributed by atoms with Gasteiger partial charge in [-0.15, -0.1) is 4.91 Å². The van der Waals surface area contributed by atoms with Gasteiger partial charge in [-0.1, -0.05) is 12.1 Å². The van der Waals surface area contributed by atoms with Crippen LogP contribution in [0.3, 0.4) is 0 Å². The van der Waals surface area contributed by atoms with Gasteiger partial charge in [0.15, 0.2) is 5.69 Å². The number of rotatable bonds is 3. The molecular weight excluding hydrogens is 349 g/mol. The van der Waals surface area contributed by atoms with E-state index in [4.69, 9.17) is 9.11 Å². The monoisotopic (exact) mass is 357 g/mol. The van der Waals surface area contributed by atoms with E-state index in [-0.39, 0.29) is 36.4 Å². The standard InChI is InChI=1S/C10H7NO8S2.Na.H/c12-6-4-8(21(17,18)19)9-5(10(6)11-13)2-1-3-7(9)20(14,15)16;;/h1-4,12H,(H,14,15,16)(H,17,18,19);;/q;+1;-1. The van der Waals surface area contributed by atoms with Crippen LogP contribution in [0.1, 0.15) is 1.43 Å². The van der Waals surface area contributed by atoms with Crippen LogP contribution in [0.5, 0.6) is 5.75 Å². The zero-order valence-corrected chi connectivity index (χ0v) is 14.6. The molecule has 9 nitrogen and oxygen atoms in total. The van der Waals surface area contributed by atoms with Gasteiger partial charge >= 0.3 is 29.6 Å². The molecule has 0 spiro atoms. The molecule has 0 saturated carbocycles. The summed E-state index contributed by atoms with van der Waals surface area (Å²) in [5.41, 5.74) is -0.622. The average molecular weight is 357 g/mol. The summed E-state index contributed by atoms with van der Waals surface area (Å²) in [6, 6.07) is 3.56. The van der Waals surface area contributed by atoms with E-state index in [1.165, 1.54) is 0 Å². The fourth-order valence-corrected chi connectivity index (χ4v) is 3.43. The molecular formula is C10H8NNaO8S2. The second-order valence-electron chi connectivity index (χ2n) is 3.96. The zero-order chi connectivity index (χ0) is 16.0. The van der Waals surface area contributed by atoms with Crippen LogP contribution in [0.2, 0.25) is 0 Å². The van der Waals surface area contributed by atoms with Gasteiger partial charge < -0.3 is 6.53 Å². The summed E-state index contributed by atoms with van der Waals surface area (Å²) in [7, 11) is -9.79. The Morgan fingerprint density at radius 3 is 2.00 bits per heavy atom. The van der Waals surface area contributed by atoms with E-state index in [0.29, 0.717) is 6.07 Å². The molecule has 0 amide bonds. The number of benzene rings is 2. The molecule has 114 valence electrons. The minimum absolute atomic E-state index is 0. The second-order valence-corrected chi connectivity index (χ2v) is 6.74. The average Bonchev–Trinajstić information content (AvgIpc) is 2.34. The Hall–Kier alpha value is -1.08. The van der Waals surface area contributed by atoms with Crippen molar-refractivity contribution < 1.29 is 62.0 Å². The zero-order valence-electron chi connectivity index (χ0n) is 12.0. The fraction of sp³-hybridized carbons (Fsp3) is 0.